The van der Waals surface area contributed by atoms with Gasteiger partial charge in [0.25, 0.3) is 0 Å². The van der Waals surface area contributed by atoms with Gasteiger partial charge < -0.3 is 15.3 Å². The zero-order valence-corrected chi connectivity index (χ0v) is 11.0. The van der Waals surface area contributed by atoms with Crippen molar-refractivity contribution in [2.24, 2.45) is 0 Å². The Kier molecular flexibility index (Phi) is 10.5. The lowest BCUT2D eigenvalue weighted by Gasteiger charge is -2.02. The second kappa shape index (κ2) is 11.5. The van der Waals surface area contributed by atoms with Gasteiger partial charge in [-0.2, -0.15) is 0 Å². The fourth-order valence-corrected chi connectivity index (χ4v) is 1.47. The number of aliphatic hydroxyl groups excluding tert-OH is 1. The summed E-state index contributed by atoms with van der Waals surface area (Å²) in [7, 11) is 0. The number of hydrogen-bond donors (Lipinski definition) is 3. The molecule has 0 spiro atoms. The van der Waals surface area contributed by atoms with Crippen molar-refractivity contribution >= 4 is 11.9 Å². The molecule has 1 atom stereocenters. The molecule has 0 aromatic rings. The molecule has 0 saturated carbocycles. The predicted octanol–water partition coefficient (Wildman–Crippen LogP) is 2.36. The van der Waals surface area contributed by atoms with Gasteiger partial charge in [0.05, 0.1) is 12.5 Å². The van der Waals surface area contributed by atoms with Crippen molar-refractivity contribution in [3.63, 3.8) is 0 Å². The molecule has 0 rings (SSSR count). The molecule has 0 saturated heterocycles. The number of aliphatic hydroxyl groups is 1. The number of carboxylic acid groups (broad SMARTS) is 2. The highest BCUT2D eigenvalue weighted by molar-refractivity contribution is 5.67. The monoisotopic (exact) mass is 270 g/mol. The highest BCUT2D eigenvalue weighted by Crippen LogP contribution is 2.02. The SMILES string of the molecule is O=C(O)CCCCC=CCC=CCC(O)CC(=O)O. The van der Waals surface area contributed by atoms with E-state index in [1.54, 1.807) is 6.08 Å². The molecule has 0 aliphatic carbocycles. The lowest BCUT2D eigenvalue weighted by molar-refractivity contribution is -0.139. The second-order valence-electron chi connectivity index (χ2n) is 4.31. The summed E-state index contributed by atoms with van der Waals surface area (Å²) in [6.07, 6.45) is 10.3. The van der Waals surface area contributed by atoms with Crippen LogP contribution in [0.1, 0.15) is 44.9 Å². The quantitative estimate of drug-likeness (QED) is 0.396. The first kappa shape index (κ1) is 17.4. The largest absolute Gasteiger partial charge is 0.481 e. The zero-order valence-electron chi connectivity index (χ0n) is 11.0. The van der Waals surface area contributed by atoms with Gasteiger partial charge in [-0.05, 0) is 32.1 Å². The Labute approximate surface area is 113 Å². The molecule has 0 aromatic heterocycles. The molecule has 0 fully saturated rings. The minimum Gasteiger partial charge on any atom is -0.481 e. The minimum absolute atomic E-state index is 0.217. The van der Waals surface area contributed by atoms with E-state index >= 15 is 0 Å². The van der Waals surface area contributed by atoms with E-state index in [2.05, 4.69) is 0 Å². The van der Waals surface area contributed by atoms with Crippen molar-refractivity contribution < 1.29 is 24.9 Å². The first-order valence-corrected chi connectivity index (χ1v) is 6.44. The van der Waals surface area contributed by atoms with Gasteiger partial charge in [0.15, 0.2) is 0 Å². The maximum atomic E-state index is 10.3. The van der Waals surface area contributed by atoms with Crippen LogP contribution in [0.4, 0.5) is 0 Å². The Morgan fingerprint density at radius 2 is 1.63 bits per heavy atom. The summed E-state index contributed by atoms with van der Waals surface area (Å²) in [6.45, 7) is 0. The summed E-state index contributed by atoms with van der Waals surface area (Å²) in [6, 6.07) is 0. The van der Waals surface area contributed by atoms with Crippen LogP contribution in [0.3, 0.4) is 0 Å². The van der Waals surface area contributed by atoms with Gasteiger partial charge in [0.2, 0.25) is 0 Å². The molecule has 0 aliphatic heterocycles. The lowest BCUT2D eigenvalue weighted by atomic mass is 10.1. The van der Waals surface area contributed by atoms with E-state index in [0.717, 1.165) is 19.3 Å². The maximum absolute atomic E-state index is 10.3. The van der Waals surface area contributed by atoms with Gasteiger partial charge in [0.1, 0.15) is 0 Å². The van der Waals surface area contributed by atoms with E-state index in [1.165, 1.54) is 0 Å². The molecule has 108 valence electrons. The van der Waals surface area contributed by atoms with E-state index in [9.17, 15) is 14.7 Å². The van der Waals surface area contributed by atoms with Crippen molar-refractivity contribution in [3.8, 4) is 0 Å². The Hall–Kier alpha value is -1.62. The number of carboxylic acids is 2. The number of aliphatic carboxylic acids is 2. The highest BCUT2D eigenvalue weighted by atomic mass is 16.4. The maximum Gasteiger partial charge on any atom is 0.305 e. The number of rotatable bonds is 11. The summed E-state index contributed by atoms with van der Waals surface area (Å²) in [5, 5.41) is 26.1. The molecule has 19 heavy (non-hydrogen) atoms. The molecule has 0 heterocycles. The molecule has 0 bridgehead atoms. The fraction of sp³-hybridized carbons (Fsp3) is 0.571. The number of allylic oxidation sites excluding steroid dienone is 3. The van der Waals surface area contributed by atoms with Gasteiger partial charge in [-0.1, -0.05) is 24.3 Å². The molecule has 5 heteroatoms. The summed E-state index contributed by atoms with van der Waals surface area (Å²) >= 11 is 0. The van der Waals surface area contributed by atoms with E-state index in [0.29, 0.717) is 12.8 Å². The molecule has 3 N–H and O–H groups in total. The van der Waals surface area contributed by atoms with Crippen LogP contribution in [-0.4, -0.2) is 33.4 Å². The molecular formula is C14H22O5. The van der Waals surface area contributed by atoms with Crippen LogP contribution in [0.5, 0.6) is 0 Å². The van der Waals surface area contributed by atoms with Crippen LogP contribution in [0.25, 0.3) is 0 Å². The third kappa shape index (κ3) is 14.3. The highest BCUT2D eigenvalue weighted by Gasteiger charge is 2.06. The van der Waals surface area contributed by atoms with Crippen molar-refractivity contribution in [2.75, 3.05) is 0 Å². The topological polar surface area (TPSA) is 94.8 Å². The normalized spacial score (nSPS) is 13.1. The standard InChI is InChI=1S/C14H22O5/c15-12(11-14(18)19)9-7-5-3-1-2-4-6-8-10-13(16)17/h1-2,5,7,12,15H,3-4,6,8-11H2,(H,16,17)(H,18,19). The van der Waals surface area contributed by atoms with Gasteiger partial charge in [0, 0.05) is 6.42 Å². The van der Waals surface area contributed by atoms with Crippen molar-refractivity contribution in [3.05, 3.63) is 24.3 Å². The van der Waals surface area contributed by atoms with Gasteiger partial charge in [-0.15, -0.1) is 0 Å². The van der Waals surface area contributed by atoms with Crippen LogP contribution in [0.15, 0.2) is 24.3 Å². The first-order chi connectivity index (χ1) is 9.02. The van der Waals surface area contributed by atoms with Crippen LogP contribution >= 0.6 is 0 Å². The zero-order chi connectivity index (χ0) is 14.5. The minimum atomic E-state index is -0.998. The summed E-state index contributed by atoms with van der Waals surface area (Å²) in [5.41, 5.74) is 0. The van der Waals surface area contributed by atoms with Crippen LogP contribution in [0, 0.1) is 0 Å². The predicted molar refractivity (Wildman–Crippen MR) is 71.9 cm³/mol. The molecular weight excluding hydrogens is 248 g/mol. The first-order valence-electron chi connectivity index (χ1n) is 6.44. The molecule has 0 aliphatic rings. The van der Waals surface area contributed by atoms with Gasteiger partial charge in [-0.25, -0.2) is 0 Å². The molecule has 5 nitrogen and oxygen atoms in total. The third-order valence-corrected chi connectivity index (χ3v) is 2.44. The lowest BCUT2D eigenvalue weighted by Crippen LogP contribution is -2.11. The van der Waals surface area contributed by atoms with E-state index in [1.807, 2.05) is 18.2 Å². The summed E-state index contributed by atoms with van der Waals surface area (Å²) in [5.74, 6) is -1.76. The fourth-order valence-electron chi connectivity index (χ4n) is 1.47. The van der Waals surface area contributed by atoms with E-state index in [-0.39, 0.29) is 12.8 Å². The van der Waals surface area contributed by atoms with Crippen LogP contribution in [-0.2, 0) is 9.59 Å². The van der Waals surface area contributed by atoms with Crippen molar-refractivity contribution in [2.45, 2.75) is 51.0 Å². The summed E-state index contributed by atoms with van der Waals surface area (Å²) in [4.78, 5) is 20.5. The Bertz CT molecular complexity index is 320. The molecule has 1 unspecified atom stereocenters. The van der Waals surface area contributed by atoms with Crippen LogP contribution < -0.4 is 0 Å². The van der Waals surface area contributed by atoms with Gasteiger partial charge in [-0.3, -0.25) is 9.59 Å². The molecule has 0 aromatic carbocycles. The molecule has 0 radical (unpaired) electrons. The van der Waals surface area contributed by atoms with E-state index < -0.39 is 18.0 Å². The Morgan fingerprint density at radius 1 is 0.947 bits per heavy atom. The summed E-state index contributed by atoms with van der Waals surface area (Å²) < 4.78 is 0. The Balaban J connectivity index is 3.46. The average Bonchev–Trinajstić information content (AvgIpc) is 2.30. The van der Waals surface area contributed by atoms with Crippen molar-refractivity contribution in [1.29, 1.82) is 0 Å². The number of carbonyl (C=O) groups is 2. The number of hydrogen-bond acceptors (Lipinski definition) is 3. The van der Waals surface area contributed by atoms with Crippen LogP contribution in [0.2, 0.25) is 0 Å². The smallest absolute Gasteiger partial charge is 0.305 e. The van der Waals surface area contributed by atoms with E-state index in [4.69, 9.17) is 10.2 Å². The average molecular weight is 270 g/mol. The van der Waals surface area contributed by atoms with Gasteiger partial charge >= 0.3 is 11.9 Å². The number of unbranched alkanes of at least 4 members (excludes halogenated alkanes) is 2. The van der Waals surface area contributed by atoms with Crippen molar-refractivity contribution in [1.82, 2.24) is 0 Å². The second-order valence-corrected chi connectivity index (χ2v) is 4.31. The Morgan fingerprint density at radius 3 is 2.26 bits per heavy atom. The molecule has 0 amide bonds. The third-order valence-electron chi connectivity index (χ3n) is 2.44.